The number of hydrogen-bond acceptors (Lipinski definition) is 5. The van der Waals surface area contributed by atoms with Crippen molar-refractivity contribution >= 4 is 21.9 Å². The van der Waals surface area contributed by atoms with E-state index in [1.54, 1.807) is 18.2 Å². The molecule has 0 aliphatic rings. The van der Waals surface area contributed by atoms with E-state index in [1.807, 2.05) is 0 Å². The zero-order valence-electron chi connectivity index (χ0n) is 8.57. The van der Waals surface area contributed by atoms with Gasteiger partial charge in [0.25, 0.3) is 21.4 Å². The molecule has 0 spiro atoms. The largest absolute Gasteiger partial charge is 0.430 e. The molecule has 1 amide bonds. The normalized spacial score (nSPS) is 12.8. The predicted molar refractivity (Wildman–Crippen MR) is 57.9 cm³/mol. The number of carbonyl (C=O) groups is 2. The Hall–Kier alpha value is -1.93. The van der Waals surface area contributed by atoms with Crippen molar-refractivity contribution in [2.24, 2.45) is 10.9 Å². The van der Waals surface area contributed by atoms with Gasteiger partial charge in [0.2, 0.25) is 0 Å². The molecular formula is C9H10N2O5S. The average molecular weight is 258 g/mol. The van der Waals surface area contributed by atoms with Crippen LogP contribution in [0.5, 0.6) is 0 Å². The molecule has 0 saturated carbocycles. The van der Waals surface area contributed by atoms with Crippen LogP contribution in [0.1, 0.15) is 10.4 Å². The standard InChI is InChI=1S/C9H10N2O5S/c10-7(12)9(17(11,14)15)16-8(13)6-4-2-1-3-5-6/h1-5,9H,(H2,10,12)(H2,11,14,15). The molecule has 1 aromatic rings. The monoisotopic (exact) mass is 258 g/mol. The Bertz CT molecular complexity index is 526. The highest BCUT2D eigenvalue weighted by Crippen LogP contribution is 2.06. The van der Waals surface area contributed by atoms with Crippen LogP contribution >= 0.6 is 0 Å². The van der Waals surface area contributed by atoms with Crippen molar-refractivity contribution in [1.29, 1.82) is 0 Å². The SMILES string of the molecule is NC(=O)C(OC(=O)c1ccccc1)S(N)(=O)=O. The summed E-state index contributed by atoms with van der Waals surface area (Å²) in [6.07, 6.45) is 0. The van der Waals surface area contributed by atoms with Crippen molar-refractivity contribution in [1.82, 2.24) is 0 Å². The number of benzene rings is 1. The van der Waals surface area contributed by atoms with Gasteiger partial charge in [0.05, 0.1) is 5.56 Å². The van der Waals surface area contributed by atoms with Crippen LogP contribution in [0, 0.1) is 0 Å². The van der Waals surface area contributed by atoms with E-state index >= 15 is 0 Å². The number of primary sulfonamides is 1. The number of nitrogens with two attached hydrogens (primary N) is 2. The molecule has 1 atom stereocenters. The highest BCUT2D eigenvalue weighted by molar-refractivity contribution is 7.90. The summed E-state index contributed by atoms with van der Waals surface area (Å²) < 4.78 is 26.3. The summed E-state index contributed by atoms with van der Waals surface area (Å²) in [6.45, 7) is 0. The molecule has 0 heterocycles. The molecule has 1 rings (SSSR count). The van der Waals surface area contributed by atoms with Gasteiger partial charge in [-0.25, -0.2) is 18.4 Å². The first-order valence-electron chi connectivity index (χ1n) is 4.39. The summed E-state index contributed by atoms with van der Waals surface area (Å²) in [4.78, 5) is 22.3. The maximum Gasteiger partial charge on any atom is 0.339 e. The van der Waals surface area contributed by atoms with Crippen LogP contribution in [0.4, 0.5) is 0 Å². The van der Waals surface area contributed by atoms with Gasteiger partial charge in [-0.2, -0.15) is 0 Å². The minimum atomic E-state index is -4.38. The van der Waals surface area contributed by atoms with Gasteiger partial charge in [0.15, 0.2) is 0 Å². The Morgan fingerprint density at radius 1 is 1.18 bits per heavy atom. The fourth-order valence-electron chi connectivity index (χ4n) is 1.03. The highest BCUT2D eigenvalue weighted by Gasteiger charge is 2.31. The van der Waals surface area contributed by atoms with E-state index in [-0.39, 0.29) is 5.56 Å². The van der Waals surface area contributed by atoms with Crippen molar-refractivity contribution in [3.8, 4) is 0 Å². The van der Waals surface area contributed by atoms with Crippen molar-refractivity contribution in [3.63, 3.8) is 0 Å². The van der Waals surface area contributed by atoms with E-state index in [0.717, 1.165) is 0 Å². The van der Waals surface area contributed by atoms with Crippen LogP contribution in [0.15, 0.2) is 30.3 Å². The quantitative estimate of drug-likeness (QED) is 0.665. The van der Waals surface area contributed by atoms with E-state index < -0.39 is 27.3 Å². The average Bonchev–Trinajstić information content (AvgIpc) is 2.24. The van der Waals surface area contributed by atoms with Gasteiger partial charge >= 0.3 is 5.97 Å². The lowest BCUT2D eigenvalue weighted by atomic mass is 10.2. The molecule has 17 heavy (non-hydrogen) atoms. The number of carbonyl (C=O) groups excluding carboxylic acids is 2. The highest BCUT2D eigenvalue weighted by atomic mass is 32.2. The third kappa shape index (κ3) is 3.54. The van der Waals surface area contributed by atoms with E-state index in [1.165, 1.54) is 12.1 Å². The van der Waals surface area contributed by atoms with Gasteiger partial charge in [-0.1, -0.05) is 18.2 Å². The van der Waals surface area contributed by atoms with Gasteiger partial charge in [0.1, 0.15) is 0 Å². The molecule has 92 valence electrons. The number of rotatable bonds is 4. The zero-order chi connectivity index (χ0) is 13.1. The first-order valence-corrected chi connectivity index (χ1v) is 6.00. The Morgan fingerprint density at radius 2 is 1.71 bits per heavy atom. The van der Waals surface area contributed by atoms with Crippen LogP contribution in [0.2, 0.25) is 0 Å². The fourth-order valence-corrected chi connectivity index (χ4v) is 1.57. The minimum absolute atomic E-state index is 0.0856. The molecule has 1 unspecified atom stereocenters. The van der Waals surface area contributed by atoms with Crippen LogP contribution in [-0.4, -0.2) is 25.7 Å². The smallest absolute Gasteiger partial charge is 0.339 e. The Morgan fingerprint density at radius 3 is 2.12 bits per heavy atom. The summed E-state index contributed by atoms with van der Waals surface area (Å²) in [7, 11) is -4.38. The number of amides is 1. The maximum atomic E-state index is 11.5. The Balaban J connectivity index is 2.91. The van der Waals surface area contributed by atoms with Crippen molar-refractivity contribution in [2.45, 2.75) is 5.44 Å². The van der Waals surface area contributed by atoms with Crippen molar-refractivity contribution < 1.29 is 22.7 Å². The van der Waals surface area contributed by atoms with E-state index in [0.29, 0.717) is 0 Å². The lowest BCUT2D eigenvalue weighted by molar-refractivity contribution is -0.122. The second-order valence-corrected chi connectivity index (χ2v) is 4.70. The Kier molecular flexibility index (Phi) is 3.81. The lowest BCUT2D eigenvalue weighted by Gasteiger charge is -2.12. The molecule has 0 saturated heterocycles. The summed E-state index contributed by atoms with van der Waals surface area (Å²) in [5.41, 5.74) is 2.67. The van der Waals surface area contributed by atoms with Crippen LogP contribution < -0.4 is 10.9 Å². The van der Waals surface area contributed by atoms with E-state index in [2.05, 4.69) is 4.74 Å². The second-order valence-electron chi connectivity index (χ2n) is 3.09. The minimum Gasteiger partial charge on any atom is -0.430 e. The van der Waals surface area contributed by atoms with Crippen molar-refractivity contribution in [2.75, 3.05) is 0 Å². The molecular weight excluding hydrogens is 248 g/mol. The van der Waals surface area contributed by atoms with E-state index in [9.17, 15) is 18.0 Å². The summed E-state index contributed by atoms with van der Waals surface area (Å²) in [5, 5.41) is 4.70. The molecule has 1 aromatic carbocycles. The number of esters is 1. The van der Waals surface area contributed by atoms with Gasteiger partial charge in [-0.05, 0) is 12.1 Å². The molecule has 0 aliphatic carbocycles. The third-order valence-corrected chi connectivity index (χ3v) is 2.68. The van der Waals surface area contributed by atoms with Crippen LogP contribution in [0.3, 0.4) is 0 Å². The third-order valence-electron chi connectivity index (χ3n) is 1.75. The van der Waals surface area contributed by atoms with Gasteiger partial charge in [-0.3, -0.25) is 4.79 Å². The second kappa shape index (κ2) is 4.93. The number of primary amides is 1. The predicted octanol–water partition coefficient (Wildman–Crippen LogP) is -1.06. The summed E-state index contributed by atoms with van der Waals surface area (Å²) in [5.74, 6) is -2.35. The summed E-state index contributed by atoms with van der Waals surface area (Å²) in [6, 6.07) is 7.54. The molecule has 8 heteroatoms. The number of sulfonamides is 1. The molecule has 0 aromatic heterocycles. The summed E-state index contributed by atoms with van der Waals surface area (Å²) >= 11 is 0. The molecule has 0 aliphatic heterocycles. The molecule has 0 bridgehead atoms. The van der Waals surface area contributed by atoms with Crippen molar-refractivity contribution in [3.05, 3.63) is 35.9 Å². The van der Waals surface area contributed by atoms with Crippen LogP contribution in [-0.2, 0) is 19.6 Å². The molecule has 7 nitrogen and oxygen atoms in total. The first kappa shape index (κ1) is 13.1. The molecule has 0 fully saturated rings. The first-order chi connectivity index (χ1) is 7.82. The van der Waals surface area contributed by atoms with Crippen LogP contribution in [0.25, 0.3) is 0 Å². The van der Waals surface area contributed by atoms with Gasteiger partial charge in [-0.15, -0.1) is 0 Å². The zero-order valence-corrected chi connectivity index (χ0v) is 9.38. The Labute approximate surface area is 97.4 Å². The van der Waals surface area contributed by atoms with E-state index in [4.69, 9.17) is 10.9 Å². The number of ether oxygens (including phenoxy) is 1. The molecule has 0 radical (unpaired) electrons. The maximum absolute atomic E-state index is 11.5. The number of hydrogen-bond donors (Lipinski definition) is 2. The topological polar surface area (TPSA) is 130 Å². The van der Waals surface area contributed by atoms with Gasteiger partial charge < -0.3 is 10.5 Å². The molecule has 4 N–H and O–H groups in total. The fraction of sp³-hybridized carbons (Fsp3) is 0.111. The lowest BCUT2D eigenvalue weighted by Crippen LogP contribution is -2.43. The van der Waals surface area contributed by atoms with Gasteiger partial charge in [0, 0.05) is 0 Å².